The molecule has 0 N–H and O–H groups in total. The molecule has 3 aliphatic heterocycles. The SMILES string of the molecule is CC12COC(CC3CCCC/C=C(/OS(=O)(=O)C(F)(F)F)C3(F)F)(OC1)OC2. The summed E-state index contributed by atoms with van der Waals surface area (Å²) in [4.78, 5) is 0. The van der Waals surface area contributed by atoms with Crippen molar-refractivity contribution in [3.05, 3.63) is 11.8 Å². The molecule has 0 aromatic heterocycles. The second-order valence-corrected chi connectivity index (χ2v) is 9.26. The van der Waals surface area contributed by atoms with Crippen molar-refractivity contribution in [1.82, 2.24) is 0 Å². The maximum atomic E-state index is 15.1. The van der Waals surface area contributed by atoms with Crippen LogP contribution in [0.3, 0.4) is 0 Å². The van der Waals surface area contributed by atoms with Gasteiger partial charge in [0.05, 0.1) is 19.8 Å². The average molecular weight is 436 g/mol. The number of alkyl halides is 5. The van der Waals surface area contributed by atoms with Crippen LogP contribution >= 0.6 is 0 Å². The first-order valence-corrected chi connectivity index (χ1v) is 10.2. The van der Waals surface area contributed by atoms with Crippen LogP contribution in [0.4, 0.5) is 22.0 Å². The van der Waals surface area contributed by atoms with Gasteiger partial charge >= 0.3 is 21.5 Å². The minimum atomic E-state index is -6.22. The highest BCUT2D eigenvalue weighted by Crippen LogP contribution is 2.48. The van der Waals surface area contributed by atoms with Crippen molar-refractivity contribution in [2.24, 2.45) is 11.3 Å². The van der Waals surface area contributed by atoms with Crippen molar-refractivity contribution in [2.75, 3.05) is 19.8 Å². The van der Waals surface area contributed by atoms with E-state index in [1.165, 1.54) is 0 Å². The molecule has 1 unspecified atom stereocenters. The molecule has 0 saturated carbocycles. The Bertz CT molecular complexity index is 708. The largest absolute Gasteiger partial charge is 0.534 e. The third-order valence-corrected chi connectivity index (χ3v) is 6.04. The lowest BCUT2D eigenvalue weighted by Crippen LogP contribution is -2.60. The monoisotopic (exact) mass is 436 g/mol. The van der Waals surface area contributed by atoms with Crippen LogP contribution in [0.1, 0.15) is 39.0 Å². The summed E-state index contributed by atoms with van der Waals surface area (Å²) in [5.41, 5.74) is -6.20. The van der Waals surface area contributed by atoms with Crippen LogP contribution in [0.2, 0.25) is 0 Å². The van der Waals surface area contributed by atoms with Crippen LogP contribution in [0.25, 0.3) is 0 Å². The molecule has 3 heterocycles. The summed E-state index contributed by atoms with van der Waals surface area (Å²) in [7, 11) is -6.22. The Hall–Kier alpha value is -0.980. The van der Waals surface area contributed by atoms with E-state index in [1.54, 1.807) is 0 Å². The van der Waals surface area contributed by atoms with E-state index < -0.39 is 45.6 Å². The summed E-state index contributed by atoms with van der Waals surface area (Å²) < 4.78 is 111. The van der Waals surface area contributed by atoms with Crippen LogP contribution in [0.15, 0.2) is 11.8 Å². The van der Waals surface area contributed by atoms with Crippen LogP contribution in [-0.4, -0.2) is 45.6 Å². The van der Waals surface area contributed by atoms with Crippen LogP contribution < -0.4 is 0 Å². The van der Waals surface area contributed by atoms with Gasteiger partial charge in [-0.3, -0.25) is 0 Å². The van der Waals surface area contributed by atoms with Gasteiger partial charge in [-0.1, -0.05) is 13.3 Å². The predicted molar refractivity (Wildman–Crippen MR) is 84.4 cm³/mol. The highest BCUT2D eigenvalue weighted by molar-refractivity contribution is 7.87. The molecule has 4 aliphatic rings. The van der Waals surface area contributed by atoms with Crippen molar-refractivity contribution in [2.45, 2.75) is 56.4 Å². The third-order valence-electron chi connectivity index (χ3n) is 5.08. The quantitative estimate of drug-likeness (QED) is 0.380. The number of rotatable bonds is 4. The van der Waals surface area contributed by atoms with Gasteiger partial charge in [-0.2, -0.15) is 30.4 Å². The Balaban J connectivity index is 1.83. The van der Waals surface area contributed by atoms with Crippen molar-refractivity contribution < 1.29 is 48.8 Å². The molecule has 1 aliphatic carbocycles. The molecule has 12 heteroatoms. The standard InChI is InChI=1S/C16H21F5O6S/c1-13-8-24-14(25-9-13,26-10-13)7-11-5-3-2-4-6-12(15(11,17)18)27-28(22,23)16(19,20)21/h6,11H,2-5,7-10H2,1H3/b12-6+. The Labute approximate surface area is 159 Å². The fourth-order valence-electron chi connectivity index (χ4n) is 3.35. The molecule has 0 aromatic carbocycles. The summed E-state index contributed by atoms with van der Waals surface area (Å²) in [6.45, 7) is 2.53. The van der Waals surface area contributed by atoms with E-state index >= 15 is 8.78 Å². The summed E-state index contributed by atoms with van der Waals surface area (Å²) >= 11 is 0. The normalized spacial score (nSPS) is 38.2. The predicted octanol–water partition coefficient (Wildman–Crippen LogP) is 3.69. The van der Waals surface area contributed by atoms with Gasteiger partial charge in [0.2, 0.25) is 0 Å². The molecule has 0 radical (unpaired) electrons. The number of fused-ring (bicyclic) bond motifs is 3. The second-order valence-electron chi connectivity index (χ2n) is 7.72. The highest BCUT2D eigenvalue weighted by Gasteiger charge is 2.58. The summed E-state index contributed by atoms with van der Waals surface area (Å²) in [6, 6.07) is 0. The Morgan fingerprint density at radius 3 is 2.25 bits per heavy atom. The topological polar surface area (TPSA) is 71.1 Å². The summed E-state index contributed by atoms with van der Waals surface area (Å²) in [5.74, 6) is -8.83. The number of ether oxygens (including phenoxy) is 3. The Morgan fingerprint density at radius 2 is 1.71 bits per heavy atom. The molecule has 6 nitrogen and oxygen atoms in total. The van der Waals surface area contributed by atoms with Gasteiger partial charge in [0.25, 0.3) is 5.97 Å². The summed E-state index contributed by atoms with van der Waals surface area (Å²) in [5, 5.41) is 0. The zero-order valence-corrected chi connectivity index (χ0v) is 15.9. The first kappa shape index (κ1) is 21.7. The molecule has 162 valence electrons. The van der Waals surface area contributed by atoms with Crippen LogP contribution in [0, 0.1) is 11.3 Å². The van der Waals surface area contributed by atoms with Gasteiger partial charge < -0.3 is 18.4 Å². The summed E-state index contributed by atoms with van der Waals surface area (Å²) in [6.07, 6.45) is 0.868. The first-order chi connectivity index (χ1) is 12.8. The first-order valence-electron chi connectivity index (χ1n) is 8.80. The molecule has 0 aromatic rings. The lowest BCUT2D eigenvalue weighted by molar-refractivity contribution is -0.472. The number of allylic oxidation sites excluding steroid dienone is 2. The number of hydrogen-bond acceptors (Lipinski definition) is 6. The lowest BCUT2D eigenvalue weighted by Gasteiger charge is -2.51. The van der Waals surface area contributed by atoms with Crippen molar-refractivity contribution in [3.63, 3.8) is 0 Å². The Kier molecular flexibility index (Phi) is 5.48. The number of hydrogen-bond donors (Lipinski definition) is 0. The van der Waals surface area contributed by atoms with Gasteiger partial charge in [0.15, 0.2) is 5.76 Å². The molecule has 2 bridgehead atoms. The second kappa shape index (κ2) is 7.06. The van der Waals surface area contributed by atoms with E-state index in [0.29, 0.717) is 18.9 Å². The van der Waals surface area contributed by atoms with Crippen LogP contribution in [-0.2, 0) is 28.5 Å². The maximum Gasteiger partial charge on any atom is 0.534 e. The van der Waals surface area contributed by atoms with E-state index in [1.807, 2.05) is 6.92 Å². The molecule has 1 atom stereocenters. The molecule has 0 amide bonds. The number of halogens is 5. The molecular weight excluding hydrogens is 415 g/mol. The van der Waals surface area contributed by atoms with Crippen LogP contribution in [0.5, 0.6) is 0 Å². The highest BCUT2D eigenvalue weighted by atomic mass is 32.2. The van der Waals surface area contributed by atoms with E-state index in [2.05, 4.69) is 4.18 Å². The average Bonchev–Trinajstić information content (AvgIpc) is 2.59. The molecule has 28 heavy (non-hydrogen) atoms. The maximum absolute atomic E-state index is 15.1. The minimum absolute atomic E-state index is 0.0297. The van der Waals surface area contributed by atoms with Gasteiger partial charge in [0, 0.05) is 17.8 Å². The van der Waals surface area contributed by atoms with E-state index in [4.69, 9.17) is 14.2 Å². The zero-order valence-electron chi connectivity index (χ0n) is 15.1. The molecule has 3 fully saturated rings. The van der Waals surface area contributed by atoms with Crippen molar-refractivity contribution in [1.29, 1.82) is 0 Å². The van der Waals surface area contributed by atoms with E-state index in [9.17, 15) is 21.6 Å². The fraction of sp³-hybridized carbons (Fsp3) is 0.875. The Morgan fingerprint density at radius 1 is 1.14 bits per heavy atom. The molecule has 0 spiro atoms. The van der Waals surface area contributed by atoms with Gasteiger partial charge in [-0.05, 0) is 25.3 Å². The van der Waals surface area contributed by atoms with Crippen molar-refractivity contribution >= 4 is 10.1 Å². The fourth-order valence-corrected chi connectivity index (χ4v) is 3.86. The van der Waals surface area contributed by atoms with Gasteiger partial charge in [-0.15, -0.1) is 0 Å². The minimum Gasteiger partial charge on any atom is -0.374 e. The zero-order chi connectivity index (χ0) is 20.8. The lowest BCUT2D eigenvalue weighted by atomic mass is 9.85. The smallest absolute Gasteiger partial charge is 0.374 e. The van der Waals surface area contributed by atoms with E-state index in [0.717, 1.165) is 0 Å². The molecule has 4 rings (SSSR count). The molecule has 3 saturated heterocycles. The van der Waals surface area contributed by atoms with Gasteiger partial charge in [-0.25, -0.2) is 0 Å². The van der Waals surface area contributed by atoms with E-state index in [-0.39, 0.29) is 38.1 Å². The molecular formula is C16H21F5O6S. The van der Waals surface area contributed by atoms with Crippen molar-refractivity contribution in [3.8, 4) is 0 Å². The van der Waals surface area contributed by atoms with Gasteiger partial charge in [0.1, 0.15) is 0 Å². The third kappa shape index (κ3) is 4.14.